The molecule has 1 aliphatic rings. The van der Waals surface area contributed by atoms with E-state index < -0.39 is 5.41 Å². The zero-order valence-electron chi connectivity index (χ0n) is 12.7. The highest BCUT2D eigenvalue weighted by molar-refractivity contribution is 5.90. The molecule has 3 N–H and O–H groups in total. The fourth-order valence-electron chi connectivity index (χ4n) is 3.22. The Bertz CT molecular complexity index is 339. The van der Waals surface area contributed by atoms with Gasteiger partial charge in [-0.2, -0.15) is 0 Å². The van der Waals surface area contributed by atoms with Crippen LogP contribution in [0.1, 0.15) is 59.8 Å². The number of hydrogen-bond donors (Lipinski definition) is 2. The van der Waals surface area contributed by atoms with Crippen LogP contribution in [0.4, 0.5) is 0 Å². The second kappa shape index (κ2) is 5.93. The Labute approximate surface area is 116 Å². The molecule has 0 bridgehead atoms. The third kappa shape index (κ3) is 3.71. The summed E-state index contributed by atoms with van der Waals surface area (Å²) in [6, 6.07) is 0. The van der Waals surface area contributed by atoms with Crippen molar-refractivity contribution in [1.29, 1.82) is 0 Å². The molecule has 1 saturated carbocycles. The maximum absolute atomic E-state index is 12.4. The van der Waals surface area contributed by atoms with Crippen LogP contribution in [0, 0.1) is 16.7 Å². The highest BCUT2D eigenvalue weighted by Crippen LogP contribution is 2.48. The van der Waals surface area contributed by atoms with Crippen LogP contribution >= 0.6 is 0 Å². The van der Waals surface area contributed by atoms with Crippen molar-refractivity contribution in [1.82, 2.24) is 5.32 Å². The number of rotatable bonds is 5. The Morgan fingerprint density at radius 1 is 1.26 bits per heavy atom. The van der Waals surface area contributed by atoms with E-state index in [1.807, 2.05) is 6.92 Å². The minimum Gasteiger partial charge on any atom is -0.369 e. The molecule has 1 unspecified atom stereocenters. The van der Waals surface area contributed by atoms with Crippen molar-refractivity contribution in [3.8, 4) is 0 Å². The summed E-state index contributed by atoms with van der Waals surface area (Å²) in [6.45, 7) is 8.79. The lowest BCUT2D eigenvalue weighted by atomic mass is 9.67. The van der Waals surface area contributed by atoms with Gasteiger partial charge in [0.05, 0.1) is 11.3 Å². The smallest absolute Gasteiger partial charge is 0.224 e. The van der Waals surface area contributed by atoms with Crippen molar-refractivity contribution in [2.75, 3.05) is 6.54 Å². The zero-order chi connectivity index (χ0) is 14.7. The maximum atomic E-state index is 12.4. The summed E-state index contributed by atoms with van der Waals surface area (Å²) in [5.74, 6) is -0.615. The van der Waals surface area contributed by atoms with E-state index in [1.54, 1.807) is 0 Å². The predicted octanol–water partition coefficient (Wildman–Crippen LogP) is 2.22. The molecule has 0 radical (unpaired) electrons. The first-order valence-corrected chi connectivity index (χ1v) is 7.30. The van der Waals surface area contributed by atoms with E-state index >= 15 is 0 Å². The minimum absolute atomic E-state index is 0.000782. The average Bonchev–Trinajstić information content (AvgIpc) is 2.75. The number of primary amides is 1. The first-order chi connectivity index (χ1) is 8.73. The maximum Gasteiger partial charge on any atom is 0.224 e. The monoisotopic (exact) mass is 268 g/mol. The van der Waals surface area contributed by atoms with Gasteiger partial charge < -0.3 is 11.1 Å². The lowest BCUT2D eigenvalue weighted by Gasteiger charge is -2.37. The van der Waals surface area contributed by atoms with Crippen LogP contribution in [0.15, 0.2) is 0 Å². The van der Waals surface area contributed by atoms with Crippen LogP contribution < -0.4 is 11.1 Å². The van der Waals surface area contributed by atoms with Crippen molar-refractivity contribution in [2.24, 2.45) is 22.5 Å². The summed E-state index contributed by atoms with van der Waals surface area (Å²) in [5, 5.41) is 2.88. The molecule has 1 fully saturated rings. The molecule has 0 aliphatic heterocycles. The summed E-state index contributed by atoms with van der Waals surface area (Å²) in [5.41, 5.74) is 5.04. The number of nitrogens with two attached hydrogens (primary N) is 1. The second-order valence-electron chi connectivity index (χ2n) is 6.94. The molecule has 4 heteroatoms. The Morgan fingerprint density at radius 3 is 2.16 bits per heavy atom. The molecule has 1 aliphatic carbocycles. The quantitative estimate of drug-likeness (QED) is 0.802. The molecule has 0 aromatic heterocycles. The van der Waals surface area contributed by atoms with Gasteiger partial charge in [0.15, 0.2) is 0 Å². The lowest BCUT2D eigenvalue weighted by Crippen LogP contribution is -2.49. The topological polar surface area (TPSA) is 72.2 Å². The number of nitrogens with one attached hydrogen (secondary N) is 1. The van der Waals surface area contributed by atoms with Crippen LogP contribution in [-0.4, -0.2) is 18.4 Å². The summed E-state index contributed by atoms with van der Waals surface area (Å²) >= 11 is 0. The van der Waals surface area contributed by atoms with Gasteiger partial charge in [0.1, 0.15) is 0 Å². The number of carbonyl (C=O) groups excluding carboxylic acids is 2. The van der Waals surface area contributed by atoms with Crippen molar-refractivity contribution in [3.05, 3.63) is 0 Å². The molecule has 19 heavy (non-hydrogen) atoms. The Kier molecular flexibility index (Phi) is 4.99. The normalized spacial score (nSPS) is 20.0. The molecule has 2 amide bonds. The standard InChI is InChI=1S/C15H28N2O2/c1-5-17-12(18)11(10-14(2,3)4)15(13(16)19)8-6-7-9-15/h11H,5-10H2,1-4H3,(H2,16,19)(H,17,18). The molecule has 0 heterocycles. The van der Waals surface area contributed by atoms with Gasteiger partial charge in [-0.05, 0) is 31.6 Å². The summed E-state index contributed by atoms with van der Waals surface area (Å²) in [6.07, 6.45) is 4.17. The first kappa shape index (κ1) is 16.0. The average molecular weight is 268 g/mol. The SMILES string of the molecule is CCNC(=O)C(CC(C)(C)C)C1(C(N)=O)CCCC1. The van der Waals surface area contributed by atoms with Gasteiger partial charge >= 0.3 is 0 Å². The van der Waals surface area contributed by atoms with E-state index in [9.17, 15) is 9.59 Å². The molecule has 4 nitrogen and oxygen atoms in total. The van der Waals surface area contributed by atoms with E-state index in [-0.39, 0.29) is 23.1 Å². The minimum atomic E-state index is -0.632. The van der Waals surface area contributed by atoms with Gasteiger partial charge in [-0.25, -0.2) is 0 Å². The number of carbonyl (C=O) groups is 2. The summed E-state index contributed by atoms with van der Waals surface area (Å²) in [4.78, 5) is 24.4. The molecule has 1 rings (SSSR count). The van der Waals surface area contributed by atoms with Crippen molar-refractivity contribution < 1.29 is 9.59 Å². The molecule has 1 atom stereocenters. The lowest BCUT2D eigenvalue weighted by molar-refractivity contribution is -0.141. The highest BCUT2D eigenvalue weighted by atomic mass is 16.2. The largest absolute Gasteiger partial charge is 0.369 e. The molecule has 0 aromatic carbocycles. The Morgan fingerprint density at radius 2 is 1.79 bits per heavy atom. The molecule has 0 spiro atoms. The van der Waals surface area contributed by atoms with Crippen LogP contribution in [0.2, 0.25) is 0 Å². The highest BCUT2D eigenvalue weighted by Gasteiger charge is 2.50. The van der Waals surface area contributed by atoms with Crippen LogP contribution in [-0.2, 0) is 9.59 Å². The van der Waals surface area contributed by atoms with Gasteiger partial charge in [-0.15, -0.1) is 0 Å². The number of hydrogen-bond acceptors (Lipinski definition) is 2. The van der Waals surface area contributed by atoms with Crippen LogP contribution in [0.5, 0.6) is 0 Å². The van der Waals surface area contributed by atoms with Crippen molar-refractivity contribution in [2.45, 2.75) is 59.8 Å². The first-order valence-electron chi connectivity index (χ1n) is 7.30. The van der Waals surface area contributed by atoms with Gasteiger partial charge in [-0.3, -0.25) is 9.59 Å². The molecule has 0 saturated heterocycles. The second-order valence-corrected chi connectivity index (χ2v) is 6.94. The fraction of sp³-hybridized carbons (Fsp3) is 0.867. The van der Waals surface area contributed by atoms with Gasteiger partial charge in [-0.1, -0.05) is 33.6 Å². The predicted molar refractivity (Wildman–Crippen MR) is 76.3 cm³/mol. The van der Waals surface area contributed by atoms with E-state index in [2.05, 4.69) is 26.1 Å². The van der Waals surface area contributed by atoms with Crippen molar-refractivity contribution >= 4 is 11.8 Å². The molecular formula is C15H28N2O2. The van der Waals surface area contributed by atoms with E-state index in [0.717, 1.165) is 25.7 Å². The van der Waals surface area contributed by atoms with Crippen molar-refractivity contribution in [3.63, 3.8) is 0 Å². The fourth-order valence-corrected chi connectivity index (χ4v) is 3.22. The third-order valence-corrected chi connectivity index (χ3v) is 4.14. The van der Waals surface area contributed by atoms with Crippen LogP contribution in [0.3, 0.4) is 0 Å². The number of amides is 2. The van der Waals surface area contributed by atoms with Gasteiger partial charge in [0, 0.05) is 6.54 Å². The van der Waals surface area contributed by atoms with Gasteiger partial charge in [0.25, 0.3) is 0 Å². The van der Waals surface area contributed by atoms with Crippen LogP contribution in [0.25, 0.3) is 0 Å². The molecule has 110 valence electrons. The molecular weight excluding hydrogens is 240 g/mol. The summed E-state index contributed by atoms with van der Waals surface area (Å²) in [7, 11) is 0. The molecule has 0 aromatic rings. The van der Waals surface area contributed by atoms with E-state index in [1.165, 1.54) is 0 Å². The summed E-state index contributed by atoms with van der Waals surface area (Å²) < 4.78 is 0. The van der Waals surface area contributed by atoms with E-state index in [4.69, 9.17) is 5.73 Å². The Hall–Kier alpha value is -1.06. The van der Waals surface area contributed by atoms with Gasteiger partial charge in [0.2, 0.25) is 11.8 Å². The van der Waals surface area contributed by atoms with E-state index in [0.29, 0.717) is 13.0 Å². The Balaban J connectivity index is 3.06. The zero-order valence-corrected chi connectivity index (χ0v) is 12.7. The third-order valence-electron chi connectivity index (χ3n) is 4.14.